The van der Waals surface area contributed by atoms with Gasteiger partial charge in [-0.15, -0.1) is 0 Å². The van der Waals surface area contributed by atoms with Crippen LogP contribution in [0.2, 0.25) is 0 Å². The summed E-state index contributed by atoms with van der Waals surface area (Å²) >= 11 is 0. The molecule has 0 radical (unpaired) electrons. The van der Waals surface area contributed by atoms with E-state index >= 15 is 0 Å². The van der Waals surface area contributed by atoms with Crippen LogP contribution < -0.4 is 15.4 Å². The summed E-state index contributed by atoms with van der Waals surface area (Å²) in [6.45, 7) is 1.05. The second-order valence-corrected chi connectivity index (χ2v) is 11.5. The van der Waals surface area contributed by atoms with E-state index < -0.39 is 28.2 Å². The number of piperidine rings is 1. The van der Waals surface area contributed by atoms with Crippen molar-refractivity contribution in [1.29, 1.82) is 0 Å². The molecule has 0 aliphatic carbocycles. The van der Waals surface area contributed by atoms with E-state index in [0.717, 1.165) is 12.3 Å². The zero-order chi connectivity index (χ0) is 29.1. The minimum absolute atomic E-state index is 0.0646. The van der Waals surface area contributed by atoms with Crippen LogP contribution in [0.4, 0.5) is 28.9 Å². The van der Waals surface area contributed by atoms with Gasteiger partial charge in [0.2, 0.25) is 0 Å². The van der Waals surface area contributed by atoms with Crippen molar-refractivity contribution in [2.24, 2.45) is 0 Å². The van der Waals surface area contributed by atoms with Crippen molar-refractivity contribution in [3.05, 3.63) is 54.0 Å². The second kappa shape index (κ2) is 11.8. The topological polar surface area (TPSA) is 88.0 Å². The summed E-state index contributed by atoms with van der Waals surface area (Å²) in [6, 6.07) is 7.24. The number of halogens is 4. The highest BCUT2D eigenvalue weighted by Crippen LogP contribution is 2.28. The Bertz CT molecular complexity index is 1570. The van der Waals surface area contributed by atoms with E-state index in [1.54, 1.807) is 24.4 Å². The molecule has 1 fully saturated rings. The Kier molecular flexibility index (Phi) is 8.60. The lowest BCUT2D eigenvalue weighted by Crippen LogP contribution is -2.46. The molecular weight excluding hydrogens is 550 g/mol. The van der Waals surface area contributed by atoms with Gasteiger partial charge in [0.15, 0.2) is 15.5 Å². The number of anilines is 2. The lowest BCUT2D eigenvalue weighted by Gasteiger charge is -2.33. The summed E-state index contributed by atoms with van der Waals surface area (Å²) in [6.07, 6.45) is -1.42. The molecule has 2 N–H and O–H groups in total. The van der Waals surface area contributed by atoms with E-state index in [9.17, 15) is 26.0 Å². The number of allylic oxidation sites excluding steroid dienone is 1. The molecule has 0 unspecified atom stereocenters. The monoisotopic (exact) mass is 579 g/mol. The van der Waals surface area contributed by atoms with E-state index in [1.165, 1.54) is 23.6 Å². The first-order valence-electron chi connectivity index (χ1n) is 12.3. The quantitative estimate of drug-likeness (QED) is 0.320. The molecule has 2 atom stereocenters. The smallest absolute Gasteiger partial charge is 0.409 e. The number of alkyl halides is 4. The number of methoxy groups -OCH3 is 1. The first-order valence-corrected chi connectivity index (χ1v) is 14.2. The van der Waals surface area contributed by atoms with Gasteiger partial charge in [-0.3, -0.25) is 4.40 Å². The van der Waals surface area contributed by atoms with Crippen LogP contribution in [0.5, 0.6) is 5.75 Å². The number of nitrogens with zero attached hydrogens (tertiary/aromatic N) is 3. The van der Waals surface area contributed by atoms with E-state index in [0.29, 0.717) is 35.7 Å². The number of imidazole rings is 1. The van der Waals surface area contributed by atoms with E-state index in [1.807, 2.05) is 11.9 Å². The molecule has 3 aromatic rings. The highest BCUT2D eigenvalue weighted by atomic mass is 32.2. The molecule has 1 aliphatic heterocycles. The molecule has 4 rings (SSSR count). The first kappa shape index (κ1) is 29.2. The molecule has 1 aliphatic rings. The van der Waals surface area contributed by atoms with E-state index in [4.69, 9.17) is 4.74 Å². The van der Waals surface area contributed by atoms with Crippen molar-refractivity contribution >= 4 is 32.9 Å². The lowest BCUT2D eigenvalue weighted by atomic mass is 10.0. The number of nitrogens with one attached hydrogen (secondary N) is 2. The Morgan fingerprint density at radius 1 is 1.25 bits per heavy atom. The molecule has 0 amide bonds. The molecule has 8 nitrogen and oxygen atoms in total. The number of pyridine rings is 1. The van der Waals surface area contributed by atoms with Crippen LogP contribution in [0, 0.1) is 11.8 Å². The average molecular weight is 580 g/mol. The fourth-order valence-corrected chi connectivity index (χ4v) is 4.99. The summed E-state index contributed by atoms with van der Waals surface area (Å²) in [7, 11) is -0.182. The van der Waals surface area contributed by atoms with Crippen LogP contribution >= 0.6 is 0 Å². The third-order valence-electron chi connectivity index (χ3n) is 6.38. The summed E-state index contributed by atoms with van der Waals surface area (Å²) < 4.78 is 84.1. The predicted octanol–water partition coefficient (Wildman–Crippen LogP) is 4.24. The van der Waals surface area contributed by atoms with Gasteiger partial charge in [0.1, 0.15) is 17.6 Å². The van der Waals surface area contributed by atoms with Crippen molar-refractivity contribution in [1.82, 2.24) is 14.3 Å². The number of likely N-dealkylation sites (tertiary alicyclic amines) is 1. The third kappa shape index (κ3) is 7.05. The summed E-state index contributed by atoms with van der Waals surface area (Å²) in [5, 5.41) is 6.19. The minimum Gasteiger partial charge on any atom is -0.495 e. The van der Waals surface area contributed by atoms with Crippen LogP contribution in [0.3, 0.4) is 0 Å². The molecule has 0 bridgehead atoms. The van der Waals surface area contributed by atoms with E-state index in [2.05, 4.69) is 27.5 Å². The number of hydrogen-bond acceptors (Lipinski definition) is 7. The molecular formula is C27H29F4N5O3S. The molecule has 13 heteroatoms. The number of hydrogen-bond donors (Lipinski definition) is 2. The molecule has 1 aromatic carbocycles. The summed E-state index contributed by atoms with van der Waals surface area (Å²) in [5.74, 6) is 5.96. The normalized spacial score (nSPS) is 18.5. The van der Waals surface area contributed by atoms with Gasteiger partial charge in [0.05, 0.1) is 41.7 Å². The zero-order valence-electron chi connectivity index (χ0n) is 22.1. The third-order valence-corrected chi connectivity index (χ3v) is 7.49. The van der Waals surface area contributed by atoms with Crippen molar-refractivity contribution in [2.75, 3.05) is 50.7 Å². The Balaban J connectivity index is 1.63. The Morgan fingerprint density at radius 2 is 2.02 bits per heavy atom. The average Bonchev–Trinajstić information content (AvgIpc) is 3.24. The number of benzene rings is 1. The Morgan fingerprint density at radius 3 is 2.70 bits per heavy atom. The van der Waals surface area contributed by atoms with Gasteiger partial charge in [-0.2, -0.15) is 13.2 Å². The number of ether oxygens (including phenoxy) is 1. The number of rotatable bonds is 7. The molecule has 1 saturated heterocycles. The lowest BCUT2D eigenvalue weighted by molar-refractivity contribution is -0.0790. The number of aromatic nitrogens is 2. The second-order valence-electron chi connectivity index (χ2n) is 9.44. The largest absolute Gasteiger partial charge is 0.495 e. The maximum Gasteiger partial charge on any atom is 0.409 e. The maximum absolute atomic E-state index is 14.7. The van der Waals surface area contributed by atoms with Crippen LogP contribution in [0.1, 0.15) is 17.8 Å². The predicted molar refractivity (Wildman–Crippen MR) is 146 cm³/mol. The molecule has 2 aromatic heterocycles. The first-order chi connectivity index (χ1) is 18.9. The number of sulfone groups is 1. The zero-order valence-corrected chi connectivity index (χ0v) is 22.9. The fraction of sp³-hybridized carbons (Fsp3) is 0.370. The van der Waals surface area contributed by atoms with Crippen molar-refractivity contribution < 1.29 is 30.7 Å². The van der Waals surface area contributed by atoms with Gasteiger partial charge >= 0.3 is 6.18 Å². The fourth-order valence-electron chi connectivity index (χ4n) is 4.36. The van der Waals surface area contributed by atoms with Gasteiger partial charge in [-0.25, -0.2) is 17.8 Å². The molecule has 40 heavy (non-hydrogen) atoms. The summed E-state index contributed by atoms with van der Waals surface area (Å²) in [5.41, 5.74) is 1.53. The van der Waals surface area contributed by atoms with Gasteiger partial charge in [0, 0.05) is 37.7 Å². The minimum atomic E-state index is -4.55. The van der Waals surface area contributed by atoms with Gasteiger partial charge < -0.3 is 20.3 Å². The maximum atomic E-state index is 14.7. The van der Waals surface area contributed by atoms with Crippen LogP contribution in [-0.4, -0.2) is 81.1 Å². The molecule has 3 heterocycles. The molecule has 214 valence electrons. The van der Waals surface area contributed by atoms with Crippen molar-refractivity contribution in [3.8, 4) is 17.6 Å². The Labute approximate surface area is 229 Å². The molecule has 0 saturated carbocycles. The van der Waals surface area contributed by atoms with Gasteiger partial charge in [-0.05, 0) is 49.7 Å². The van der Waals surface area contributed by atoms with Gasteiger partial charge in [0.25, 0.3) is 0 Å². The van der Waals surface area contributed by atoms with Crippen LogP contribution in [0.25, 0.3) is 11.7 Å². The Hall–Kier alpha value is -3.76. The highest BCUT2D eigenvalue weighted by molar-refractivity contribution is 7.90. The number of fused-ring (bicyclic) bond motifs is 1. The highest BCUT2D eigenvalue weighted by Gasteiger charge is 2.28. The van der Waals surface area contributed by atoms with E-state index in [-0.39, 0.29) is 35.4 Å². The standard InChI is InChI=1S/C27H29F4N5O3S/c1-35-15-11-20(19(28)17-35)33-23-7-5-14-36-24(10-12-27(29,30)31)21(34-26(23)36)6-4-13-32-22-9-8-18(40(3,37)38)16-25(22)39-2/h5,7-10,12,14,16,19-20,32-33H,11,13,15,17H2,1-3H3/b12-10+/t19-,20+/m0/s1. The van der Waals surface area contributed by atoms with Crippen LogP contribution in [0.15, 0.2) is 47.5 Å². The summed E-state index contributed by atoms with van der Waals surface area (Å²) in [4.78, 5) is 6.48. The SMILES string of the molecule is COc1cc(S(C)(=O)=O)ccc1NCC#Cc1nc2c(N[C@@H]3CCN(C)C[C@@H]3F)cccn2c1/C=C/C(F)(F)F. The van der Waals surface area contributed by atoms with Crippen molar-refractivity contribution in [3.63, 3.8) is 0 Å². The van der Waals surface area contributed by atoms with Gasteiger partial charge in [-0.1, -0.05) is 5.92 Å². The van der Waals surface area contributed by atoms with Crippen molar-refractivity contribution in [2.45, 2.75) is 29.7 Å². The van der Waals surface area contributed by atoms with Crippen LogP contribution in [-0.2, 0) is 9.84 Å². The molecule has 0 spiro atoms.